The van der Waals surface area contributed by atoms with Crippen molar-refractivity contribution in [2.75, 3.05) is 32.1 Å². The Labute approximate surface area is 173 Å². The summed E-state index contributed by atoms with van der Waals surface area (Å²) in [6, 6.07) is 15.5. The molecule has 0 unspecified atom stereocenters. The molecule has 1 aliphatic heterocycles. The molecule has 0 spiro atoms. The number of methoxy groups -OCH3 is 1. The van der Waals surface area contributed by atoms with Crippen molar-refractivity contribution < 1.29 is 19.4 Å². The number of benzene rings is 2. The summed E-state index contributed by atoms with van der Waals surface area (Å²) < 4.78 is 6.83. The van der Waals surface area contributed by atoms with Crippen LogP contribution in [0.5, 0.6) is 0 Å². The number of carbonyl (C=O) groups is 2. The number of aromatic nitrogens is 2. The number of amides is 1. The first-order valence-electron chi connectivity index (χ1n) is 9.54. The molecule has 8 nitrogen and oxygen atoms in total. The maximum absolute atomic E-state index is 12.7. The fourth-order valence-corrected chi connectivity index (χ4v) is 3.62. The summed E-state index contributed by atoms with van der Waals surface area (Å²) >= 11 is 0. The highest BCUT2D eigenvalue weighted by Crippen LogP contribution is 2.28. The molecule has 4 rings (SSSR count). The molecule has 1 aromatic heterocycles. The van der Waals surface area contributed by atoms with Crippen LogP contribution >= 0.6 is 0 Å². The Hall–Kier alpha value is -3.65. The number of carbonyl (C=O) groups excluding carboxylic acids is 2. The lowest BCUT2D eigenvalue weighted by Gasteiger charge is -2.15. The number of imidazole rings is 1. The summed E-state index contributed by atoms with van der Waals surface area (Å²) in [6.45, 7) is 0.0538. The van der Waals surface area contributed by atoms with Gasteiger partial charge >= 0.3 is 5.97 Å². The SMILES string of the molecule is COC(=O)C1=C(Nc2ccc3c(c2)nc(-c2ccccc2)n3C)C(=O)N(CCO)C1. The minimum atomic E-state index is -0.573. The predicted octanol–water partition coefficient (Wildman–Crippen LogP) is 1.91. The molecule has 0 aliphatic carbocycles. The molecule has 0 bridgehead atoms. The Kier molecular flexibility index (Phi) is 5.24. The molecule has 2 aromatic carbocycles. The molecule has 0 saturated carbocycles. The van der Waals surface area contributed by atoms with Gasteiger partial charge in [-0.05, 0) is 18.2 Å². The van der Waals surface area contributed by atoms with Crippen LogP contribution in [0.3, 0.4) is 0 Å². The smallest absolute Gasteiger partial charge is 0.337 e. The average Bonchev–Trinajstić information content (AvgIpc) is 3.26. The summed E-state index contributed by atoms with van der Waals surface area (Å²) in [5.74, 6) is -0.0876. The van der Waals surface area contributed by atoms with E-state index in [1.165, 1.54) is 12.0 Å². The molecule has 0 saturated heterocycles. The monoisotopic (exact) mass is 406 g/mol. The van der Waals surface area contributed by atoms with E-state index in [1.807, 2.05) is 60.1 Å². The molecular formula is C22H22N4O4. The second kappa shape index (κ2) is 8.00. The third kappa shape index (κ3) is 3.42. The highest BCUT2D eigenvalue weighted by molar-refractivity contribution is 6.08. The van der Waals surface area contributed by atoms with E-state index in [9.17, 15) is 14.7 Å². The van der Waals surface area contributed by atoms with Crippen molar-refractivity contribution in [3.05, 3.63) is 59.8 Å². The maximum Gasteiger partial charge on any atom is 0.337 e. The fourth-order valence-electron chi connectivity index (χ4n) is 3.62. The molecule has 30 heavy (non-hydrogen) atoms. The van der Waals surface area contributed by atoms with Crippen molar-refractivity contribution in [3.8, 4) is 11.4 Å². The lowest BCUT2D eigenvalue weighted by molar-refractivity contribution is -0.136. The molecule has 8 heteroatoms. The van der Waals surface area contributed by atoms with Gasteiger partial charge in [0, 0.05) is 24.8 Å². The van der Waals surface area contributed by atoms with Crippen molar-refractivity contribution in [2.45, 2.75) is 0 Å². The number of aliphatic hydroxyl groups excluding tert-OH is 1. The van der Waals surface area contributed by atoms with Gasteiger partial charge in [-0.3, -0.25) is 4.79 Å². The van der Waals surface area contributed by atoms with Gasteiger partial charge in [-0.1, -0.05) is 30.3 Å². The third-order valence-electron chi connectivity index (χ3n) is 5.14. The van der Waals surface area contributed by atoms with Crippen LogP contribution < -0.4 is 5.32 Å². The molecule has 1 amide bonds. The van der Waals surface area contributed by atoms with Crippen LogP contribution in [0.4, 0.5) is 5.69 Å². The number of hydrogen-bond donors (Lipinski definition) is 2. The number of aliphatic hydroxyl groups is 1. The van der Waals surface area contributed by atoms with Gasteiger partial charge in [0.2, 0.25) is 0 Å². The van der Waals surface area contributed by atoms with Crippen molar-refractivity contribution >= 4 is 28.6 Å². The van der Waals surface area contributed by atoms with E-state index in [1.54, 1.807) is 0 Å². The third-order valence-corrected chi connectivity index (χ3v) is 5.14. The van der Waals surface area contributed by atoms with E-state index >= 15 is 0 Å². The maximum atomic E-state index is 12.7. The molecule has 0 radical (unpaired) electrons. The minimum absolute atomic E-state index is 0.0956. The number of anilines is 1. The lowest BCUT2D eigenvalue weighted by atomic mass is 10.2. The number of β-amino-alcohol motifs (C(OH)–C–C–N with tert-alkyl or cyclic N) is 1. The lowest BCUT2D eigenvalue weighted by Crippen LogP contribution is -2.31. The van der Waals surface area contributed by atoms with E-state index in [2.05, 4.69) is 5.32 Å². The zero-order valence-corrected chi connectivity index (χ0v) is 16.8. The second-order valence-electron chi connectivity index (χ2n) is 6.98. The number of rotatable bonds is 6. The van der Waals surface area contributed by atoms with Gasteiger partial charge < -0.3 is 24.6 Å². The average molecular weight is 406 g/mol. The summed E-state index contributed by atoms with van der Waals surface area (Å²) in [6.07, 6.45) is 0. The van der Waals surface area contributed by atoms with Crippen molar-refractivity contribution in [2.24, 2.45) is 7.05 Å². The van der Waals surface area contributed by atoms with Crippen LogP contribution in [0.25, 0.3) is 22.4 Å². The van der Waals surface area contributed by atoms with E-state index in [0.717, 1.165) is 22.4 Å². The van der Waals surface area contributed by atoms with Crippen LogP contribution in [0, 0.1) is 0 Å². The van der Waals surface area contributed by atoms with E-state index in [4.69, 9.17) is 9.72 Å². The summed E-state index contributed by atoms with van der Waals surface area (Å²) in [7, 11) is 3.23. The standard InChI is InChI=1S/C22H22N4O4/c1-25-18-9-8-15(12-17(18)24-20(25)14-6-4-3-5-7-14)23-19-16(22(29)30-2)13-26(10-11-27)21(19)28/h3-9,12,23,27H,10-11,13H2,1-2H3. The quantitative estimate of drug-likeness (QED) is 0.607. The van der Waals surface area contributed by atoms with Crippen LogP contribution in [-0.4, -0.2) is 58.2 Å². The van der Waals surface area contributed by atoms with Crippen LogP contribution in [-0.2, 0) is 21.4 Å². The number of ether oxygens (including phenoxy) is 1. The molecule has 2 N–H and O–H groups in total. The molecule has 3 aromatic rings. The summed E-state index contributed by atoms with van der Waals surface area (Å²) in [5.41, 5.74) is 3.75. The Bertz CT molecular complexity index is 1150. The highest BCUT2D eigenvalue weighted by atomic mass is 16.5. The van der Waals surface area contributed by atoms with E-state index in [-0.39, 0.29) is 36.9 Å². The van der Waals surface area contributed by atoms with Gasteiger partial charge in [-0.25, -0.2) is 9.78 Å². The molecule has 0 fully saturated rings. The van der Waals surface area contributed by atoms with Crippen LogP contribution in [0.1, 0.15) is 0 Å². The second-order valence-corrected chi connectivity index (χ2v) is 6.98. The largest absolute Gasteiger partial charge is 0.466 e. The number of aryl methyl sites for hydroxylation is 1. The Morgan fingerprint density at radius 3 is 2.70 bits per heavy atom. The van der Waals surface area contributed by atoms with Crippen LogP contribution in [0.15, 0.2) is 59.8 Å². The van der Waals surface area contributed by atoms with Gasteiger partial charge in [-0.15, -0.1) is 0 Å². The molecular weight excluding hydrogens is 384 g/mol. The first-order valence-corrected chi connectivity index (χ1v) is 9.54. The Morgan fingerprint density at radius 1 is 1.23 bits per heavy atom. The van der Waals surface area contributed by atoms with E-state index in [0.29, 0.717) is 5.69 Å². The fraction of sp³-hybridized carbons (Fsp3) is 0.227. The highest BCUT2D eigenvalue weighted by Gasteiger charge is 2.34. The number of fused-ring (bicyclic) bond motifs is 1. The zero-order chi connectivity index (χ0) is 21.3. The van der Waals surface area contributed by atoms with Gasteiger partial charge in [0.25, 0.3) is 5.91 Å². The number of hydrogen-bond acceptors (Lipinski definition) is 6. The van der Waals surface area contributed by atoms with Crippen molar-refractivity contribution in [3.63, 3.8) is 0 Å². The molecule has 1 aliphatic rings. The molecule has 0 atom stereocenters. The number of esters is 1. The van der Waals surface area contributed by atoms with Crippen molar-refractivity contribution in [1.82, 2.24) is 14.5 Å². The predicted molar refractivity (Wildman–Crippen MR) is 112 cm³/mol. The Balaban J connectivity index is 1.69. The van der Waals surface area contributed by atoms with Gasteiger partial charge in [0.1, 0.15) is 11.5 Å². The first-order chi connectivity index (χ1) is 14.5. The normalized spacial score (nSPS) is 14.0. The van der Waals surface area contributed by atoms with Crippen LogP contribution in [0.2, 0.25) is 0 Å². The first kappa shape index (κ1) is 19.7. The van der Waals surface area contributed by atoms with Gasteiger partial charge in [0.15, 0.2) is 0 Å². The van der Waals surface area contributed by atoms with Gasteiger partial charge in [0.05, 0.1) is 36.9 Å². The molecule has 154 valence electrons. The minimum Gasteiger partial charge on any atom is -0.466 e. The van der Waals surface area contributed by atoms with Gasteiger partial charge in [-0.2, -0.15) is 0 Å². The Morgan fingerprint density at radius 2 is 2.00 bits per heavy atom. The zero-order valence-electron chi connectivity index (χ0n) is 16.8. The van der Waals surface area contributed by atoms with Crippen molar-refractivity contribution in [1.29, 1.82) is 0 Å². The summed E-state index contributed by atoms with van der Waals surface area (Å²) in [4.78, 5) is 31.0. The topological polar surface area (TPSA) is 96.7 Å². The van der Waals surface area contributed by atoms with E-state index < -0.39 is 5.97 Å². The molecule has 2 heterocycles. The summed E-state index contributed by atoms with van der Waals surface area (Å²) in [5, 5.41) is 12.2. The number of nitrogens with zero attached hydrogens (tertiary/aromatic N) is 3. The number of nitrogens with one attached hydrogen (secondary N) is 1.